The number of halogens is 1. The van der Waals surface area contributed by atoms with Crippen molar-refractivity contribution in [3.8, 4) is 0 Å². The first-order valence-electron chi connectivity index (χ1n) is 8.37. The highest BCUT2D eigenvalue weighted by molar-refractivity contribution is 6.30. The van der Waals surface area contributed by atoms with Gasteiger partial charge < -0.3 is 10.0 Å². The summed E-state index contributed by atoms with van der Waals surface area (Å²) >= 11 is 5.96. The number of amides is 1. The zero-order valence-corrected chi connectivity index (χ0v) is 14.4. The van der Waals surface area contributed by atoms with E-state index in [4.69, 9.17) is 11.6 Å². The summed E-state index contributed by atoms with van der Waals surface area (Å²) < 4.78 is 0. The fraction of sp³-hybridized carbons (Fsp3) is 0.300. The van der Waals surface area contributed by atoms with Gasteiger partial charge in [0.25, 0.3) is 0 Å². The van der Waals surface area contributed by atoms with Gasteiger partial charge in [0.15, 0.2) is 0 Å². The molecule has 0 aromatic heterocycles. The second-order valence-electron chi connectivity index (χ2n) is 6.86. The highest BCUT2D eigenvalue weighted by atomic mass is 35.5. The van der Waals surface area contributed by atoms with Crippen LogP contribution in [0.4, 0.5) is 0 Å². The molecule has 1 heterocycles. The van der Waals surface area contributed by atoms with Crippen LogP contribution in [0, 0.1) is 0 Å². The average Bonchev–Trinajstić information content (AvgIpc) is 3.42. The summed E-state index contributed by atoms with van der Waals surface area (Å²) in [4.78, 5) is 26.7. The molecular formula is C20H18ClNO3. The summed E-state index contributed by atoms with van der Waals surface area (Å²) in [7, 11) is 0. The van der Waals surface area contributed by atoms with Crippen LogP contribution in [0.2, 0.25) is 5.02 Å². The predicted octanol–water partition coefficient (Wildman–Crippen LogP) is 3.58. The molecule has 1 aliphatic heterocycles. The zero-order valence-electron chi connectivity index (χ0n) is 13.6. The lowest BCUT2D eigenvalue weighted by atomic mass is 9.87. The van der Waals surface area contributed by atoms with E-state index in [2.05, 4.69) is 0 Å². The van der Waals surface area contributed by atoms with E-state index in [1.807, 2.05) is 36.4 Å². The molecule has 0 radical (unpaired) electrons. The van der Waals surface area contributed by atoms with Crippen LogP contribution in [-0.2, 0) is 21.5 Å². The highest BCUT2D eigenvalue weighted by Crippen LogP contribution is 2.50. The maximum absolute atomic E-state index is 13.2. The average molecular weight is 356 g/mol. The summed E-state index contributed by atoms with van der Waals surface area (Å²) in [5.41, 5.74) is 2.18. The monoisotopic (exact) mass is 355 g/mol. The number of carboxylic acids is 1. The van der Waals surface area contributed by atoms with Gasteiger partial charge in [-0.05, 0) is 41.7 Å². The first-order valence-corrected chi connectivity index (χ1v) is 8.75. The van der Waals surface area contributed by atoms with E-state index in [9.17, 15) is 14.7 Å². The molecule has 1 atom stereocenters. The second-order valence-corrected chi connectivity index (χ2v) is 7.30. The van der Waals surface area contributed by atoms with Crippen molar-refractivity contribution in [3.05, 3.63) is 70.2 Å². The third-order valence-corrected chi connectivity index (χ3v) is 5.59. The minimum Gasteiger partial charge on any atom is -0.481 e. The maximum atomic E-state index is 13.2. The van der Waals surface area contributed by atoms with Crippen molar-refractivity contribution in [2.24, 2.45) is 0 Å². The number of aliphatic carboxylic acids is 1. The molecule has 2 aromatic rings. The van der Waals surface area contributed by atoms with Gasteiger partial charge in [0.1, 0.15) is 0 Å². The van der Waals surface area contributed by atoms with Gasteiger partial charge in [-0.15, -0.1) is 0 Å². The normalized spacial score (nSPS) is 20.7. The lowest BCUT2D eigenvalue weighted by molar-refractivity contribution is -0.142. The largest absolute Gasteiger partial charge is 0.481 e. The molecule has 5 heteroatoms. The minimum absolute atomic E-state index is 0.0237. The van der Waals surface area contributed by atoms with Gasteiger partial charge in [-0.3, -0.25) is 9.59 Å². The summed E-state index contributed by atoms with van der Waals surface area (Å²) in [6.07, 6.45) is 1.59. The number of carbonyl (C=O) groups excluding carboxylic acids is 1. The Balaban J connectivity index is 1.65. The molecule has 1 aliphatic carbocycles. The standard InChI is InChI=1S/C20H18ClNO3/c21-15-7-5-14(6-8-15)20(9-10-20)19(25)22-11-13-3-1-2-4-16(13)17(12-22)18(23)24/h1-8,17H,9-12H2,(H,23,24). The summed E-state index contributed by atoms with van der Waals surface area (Å²) in [5, 5.41) is 10.2. The maximum Gasteiger partial charge on any atom is 0.312 e. The zero-order chi connectivity index (χ0) is 17.6. The Morgan fingerprint density at radius 3 is 2.40 bits per heavy atom. The predicted molar refractivity (Wildman–Crippen MR) is 94.6 cm³/mol. The van der Waals surface area contributed by atoms with Crippen molar-refractivity contribution in [3.63, 3.8) is 0 Å². The molecule has 25 heavy (non-hydrogen) atoms. The number of carboxylic acid groups (broad SMARTS) is 1. The van der Waals surface area contributed by atoms with E-state index >= 15 is 0 Å². The molecule has 1 fully saturated rings. The van der Waals surface area contributed by atoms with Crippen molar-refractivity contribution in [2.75, 3.05) is 6.54 Å². The van der Waals surface area contributed by atoms with Crippen molar-refractivity contribution in [1.82, 2.24) is 4.90 Å². The Kier molecular flexibility index (Phi) is 3.80. The molecular weight excluding hydrogens is 338 g/mol. The van der Waals surface area contributed by atoms with Crippen LogP contribution >= 0.6 is 11.6 Å². The Hall–Kier alpha value is -2.33. The van der Waals surface area contributed by atoms with Crippen LogP contribution in [0.25, 0.3) is 0 Å². The van der Waals surface area contributed by atoms with Crippen LogP contribution in [0.3, 0.4) is 0 Å². The van der Waals surface area contributed by atoms with Crippen molar-refractivity contribution >= 4 is 23.5 Å². The van der Waals surface area contributed by atoms with Crippen molar-refractivity contribution in [1.29, 1.82) is 0 Å². The van der Waals surface area contributed by atoms with Gasteiger partial charge in [0.05, 0.1) is 11.3 Å². The number of hydrogen-bond donors (Lipinski definition) is 1. The van der Waals surface area contributed by atoms with Crippen LogP contribution in [0.15, 0.2) is 48.5 Å². The van der Waals surface area contributed by atoms with E-state index in [0.717, 1.165) is 29.5 Å². The van der Waals surface area contributed by atoms with Crippen LogP contribution in [-0.4, -0.2) is 28.4 Å². The first-order chi connectivity index (χ1) is 12.0. The molecule has 128 valence electrons. The number of fused-ring (bicyclic) bond motifs is 1. The van der Waals surface area contributed by atoms with E-state index in [1.165, 1.54) is 0 Å². The number of hydrogen-bond acceptors (Lipinski definition) is 2. The summed E-state index contributed by atoms with van der Waals surface area (Å²) in [5.74, 6) is -1.54. The summed E-state index contributed by atoms with van der Waals surface area (Å²) in [6.45, 7) is 0.689. The molecule has 1 saturated carbocycles. The van der Waals surface area contributed by atoms with E-state index in [1.54, 1.807) is 17.0 Å². The molecule has 0 saturated heterocycles. The van der Waals surface area contributed by atoms with Gasteiger partial charge >= 0.3 is 5.97 Å². The third-order valence-electron chi connectivity index (χ3n) is 5.34. The SMILES string of the molecule is O=C(O)C1CN(C(=O)C2(c3ccc(Cl)cc3)CC2)Cc2ccccc21. The Bertz CT molecular complexity index is 842. The van der Waals surface area contributed by atoms with Gasteiger partial charge in [0, 0.05) is 18.1 Å². The Morgan fingerprint density at radius 2 is 1.76 bits per heavy atom. The number of benzene rings is 2. The van der Waals surface area contributed by atoms with Crippen LogP contribution in [0.1, 0.15) is 35.4 Å². The molecule has 4 nitrogen and oxygen atoms in total. The van der Waals surface area contributed by atoms with Gasteiger partial charge in [-0.1, -0.05) is 48.0 Å². The lowest BCUT2D eigenvalue weighted by Crippen LogP contribution is -2.45. The van der Waals surface area contributed by atoms with Crippen molar-refractivity contribution < 1.29 is 14.7 Å². The molecule has 2 aliphatic rings. The lowest BCUT2D eigenvalue weighted by Gasteiger charge is -2.35. The number of carbonyl (C=O) groups is 2. The van der Waals surface area contributed by atoms with E-state index in [0.29, 0.717) is 11.6 Å². The molecule has 4 rings (SSSR count). The van der Waals surface area contributed by atoms with Gasteiger partial charge in [-0.2, -0.15) is 0 Å². The fourth-order valence-electron chi connectivity index (χ4n) is 3.80. The first kappa shape index (κ1) is 16.2. The van der Waals surface area contributed by atoms with E-state index < -0.39 is 17.3 Å². The van der Waals surface area contributed by atoms with Gasteiger partial charge in [0.2, 0.25) is 5.91 Å². The highest BCUT2D eigenvalue weighted by Gasteiger charge is 2.53. The fourth-order valence-corrected chi connectivity index (χ4v) is 3.92. The Labute approximate surface area is 151 Å². The quantitative estimate of drug-likeness (QED) is 0.915. The molecule has 2 aromatic carbocycles. The topological polar surface area (TPSA) is 57.6 Å². The molecule has 1 N–H and O–H groups in total. The van der Waals surface area contributed by atoms with Crippen molar-refractivity contribution in [2.45, 2.75) is 30.7 Å². The summed E-state index contributed by atoms with van der Waals surface area (Å²) in [6, 6.07) is 14.9. The van der Waals surface area contributed by atoms with Gasteiger partial charge in [-0.25, -0.2) is 0 Å². The number of nitrogens with zero attached hydrogens (tertiary/aromatic N) is 1. The van der Waals surface area contributed by atoms with Crippen LogP contribution < -0.4 is 0 Å². The molecule has 1 unspecified atom stereocenters. The molecule has 0 bridgehead atoms. The van der Waals surface area contributed by atoms with E-state index in [-0.39, 0.29) is 12.5 Å². The molecule has 1 amide bonds. The van der Waals surface area contributed by atoms with Crippen LogP contribution in [0.5, 0.6) is 0 Å². The second kappa shape index (κ2) is 5.88. The minimum atomic E-state index is -0.888. The smallest absolute Gasteiger partial charge is 0.312 e. The third kappa shape index (κ3) is 2.71. The number of rotatable bonds is 3. The Morgan fingerprint density at radius 1 is 1.08 bits per heavy atom. The molecule has 0 spiro atoms.